The molecule has 1 fully saturated rings. The monoisotopic (exact) mass is 448 g/mol. The van der Waals surface area contributed by atoms with Crippen LogP contribution in [0.4, 0.5) is 10.6 Å². The van der Waals surface area contributed by atoms with Gasteiger partial charge < -0.3 is 24.8 Å². The second kappa shape index (κ2) is 11.2. The van der Waals surface area contributed by atoms with E-state index >= 15 is 0 Å². The molecule has 3 heterocycles. The van der Waals surface area contributed by atoms with Gasteiger partial charge in [-0.2, -0.15) is 15.0 Å². The molecule has 10 heteroatoms. The number of piperidine rings is 1. The van der Waals surface area contributed by atoms with E-state index in [2.05, 4.69) is 21.9 Å². The normalized spacial score (nSPS) is 14.8. The molecule has 178 valence electrons. The third-order valence-corrected chi connectivity index (χ3v) is 5.65. The number of aryl methyl sites for hydroxylation is 1. The van der Waals surface area contributed by atoms with Gasteiger partial charge in [-0.25, -0.2) is 4.79 Å². The van der Waals surface area contributed by atoms with Crippen LogP contribution >= 0.6 is 0 Å². The molecule has 0 aromatic carbocycles. The molecule has 0 unspecified atom stereocenters. The number of imidazole rings is 1. The van der Waals surface area contributed by atoms with Crippen molar-refractivity contribution in [2.45, 2.75) is 59.4 Å². The maximum Gasteiger partial charge on any atom is 0.409 e. The lowest BCUT2D eigenvalue weighted by Crippen LogP contribution is -2.39. The lowest BCUT2D eigenvalue weighted by atomic mass is 9.94. The molecule has 1 aliphatic rings. The molecule has 2 aromatic rings. The number of aromatic nitrogens is 4. The summed E-state index contributed by atoms with van der Waals surface area (Å²) in [5.74, 6) is 1.12. The second-order valence-electron chi connectivity index (χ2n) is 8.71. The number of rotatable bonds is 10. The van der Waals surface area contributed by atoms with Gasteiger partial charge in [0, 0.05) is 19.6 Å². The Morgan fingerprint density at radius 3 is 2.62 bits per heavy atom. The summed E-state index contributed by atoms with van der Waals surface area (Å²) < 4.78 is 18.4. The van der Waals surface area contributed by atoms with Crippen LogP contribution in [0, 0.1) is 11.8 Å². The minimum atomic E-state index is -0.206. The molecule has 32 heavy (non-hydrogen) atoms. The number of nitrogens with two attached hydrogens (primary N) is 1. The molecule has 2 aromatic heterocycles. The molecular weight excluding hydrogens is 412 g/mol. The van der Waals surface area contributed by atoms with Crippen molar-refractivity contribution in [3.8, 4) is 12.0 Å². The van der Waals surface area contributed by atoms with E-state index in [0.717, 1.165) is 32.1 Å². The Labute approximate surface area is 189 Å². The molecule has 3 rings (SSSR count). The van der Waals surface area contributed by atoms with E-state index in [-0.39, 0.29) is 17.9 Å². The van der Waals surface area contributed by atoms with Gasteiger partial charge in [-0.05, 0) is 37.5 Å². The van der Waals surface area contributed by atoms with Crippen LogP contribution < -0.4 is 15.2 Å². The Morgan fingerprint density at radius 1 is 1.22 bits per heavy atom. The summed E-state index contributed by atoms with van der Waals surface area (Å²) in [4.78, 5) is 27.2. The fourth-order valence-corrected chi connectivity index (χ4v) is 3.76. The second-order valence-corrected chi connectivity index (χ2v) is 8.71. The average molecular weight is 449 g/mol. The van der Waals surface area contributed by atoms with Crippen molar-refractivity contribution in [1.29, 1.82) is 0 Å². The first-order valence-corrected chi connectivity index (χ1v) is 11.5. The molecule has 1 aliphatic heterocycles. The van der Waals surface area contributed by atoms with Crippen molar-refractivity contribution in [1.82, 2.24) is 24.4 Å². The number of carbonyl (C=O) groups is 1. The number of fused-ring (bicyclic) bond motifs is 1. The van der Waals surface area contributed by atoms with Gasteiger partial charge in [0.25, 0.3) is 6.01 Å². The number of hydrogen-bond acceptors (Lipinski definition) is 8. The summed E-state index contributed by atoms with van der Waals surface area (Å²) in [6.07, 6.45) is 4.54. The number of likely N-dealkylation sites (tertiary alicyclic amines) is 1. The number of ether oxygens (including phenoxy) is 3. The van der Waals surface area contributed by atoms with Crippen molar-refractivity contribution in [3.63, 3.8) is 0 Å². The first-order chi connectivity index (χ1) is 15.4. The van der Waals surface area contributed by atoms with Crippen molar-refractivity contribution in [3.05, 3.63) is 0 Å². The summed E-state index contributed by atoms with van der Waals surface area (Å²) in [6.45, 7) is 9.29. The highest BCUT2D eigenvalue weighted by Crippen LogP contribution is 2.28. The van der Waals surface area contributed by atoms with Crippen LogP contribution in [0.25, 0.3) is 11.2 Å². The minimum absolute atomic E-state index is 0.206. The van der Waals surface area contributed by atoms with Crippen LogP contribution in [0.1, 0.15) is 52.9 Å². The van der Waals surface area contributed by atoms with Crippen LogP contribution in [-0.4, -0.2) is 63.9 Å². The van der Waals surface area contributed by atoms with Crippen LogP contribution in [0.3, 0.4) is 0 Å². The number of anilines is 1. The maximum atomic E-state index is 12.2. The molecule has 1 amide bonds. The number of carbonyl (C=O) groups excluding carboxylic acids is 1. The number of nitrogen functional groups attached to an aromatic ring is 1. The molecule has 0 radical (unpaired) electrons. The largest absolute Gasteiger partial charge is 0.468 e. The molecule has 0 bridgehead atoms. The highest BCUT2D eigenvalue weighted by atomic mass is 16.6. The Balaban J connectivity index is 1.62. The smallest absolute Gasteiger partial charge is 0.409 e. The number of methoxy groups -OCH3 is 1. The van der Waals surface area contributed by atoms with E-state index in [1.165, 1.54) is 0 Å². The van der Waals surface area contributed by atoms with Gasteiger partial charge in [-0.15, -0.1) is 0 Å². The molecule has 10 nitrogen and oxygen atoms in total. The van der Waals surface area contributed by atoms with Gasteiger partial charge in [0.2, 0.25) is 0 Å². The predicted octanol–water partition coefficient (Wildman–Crippen LogP) is 3.49. The molecule has 0 atom stereocenters. The van der Waals surface area contributed by atoms with E-state index in [0.29, 0.717) is 61.9 Å². The highest BCUT2D eigenvalue weighted by molar-refractivity contribution is 5.83. The Morgan fingerprint density at radius 2 is 1.97 bits per heavy atom. The first kappa shape index (κ1) is 23.9. The molecular formula is C22H36N6O4. The quantitative estimate of drug-likeness (QED) is 0.549. The molecule has 0 aliphatic carbocycles. The fraction of sp³-hybridized carbons (Fsp3) is 0.727. The molecule has 1 saturated heterocycles. The van der Waals surface area contributed by atoms with E-state index in [9.17, 15) is 4.79 Å². The summed E-state index contributed by atoms with van der Waals surface area (Å²) in [5, 5.41) is 0. The van der Waals surface area contributed by atoms with E-state index < -0.39 is 0 Å². The first-order valence-electron chi connectivity index (χ1n) is 11.5. The van der Waals surface area contributed by atoms with Gasteiger partial charge in [-0.1, -0.05) is 27.2 Å². The lowest BCUT2D eigenvalue weighted by Gasteiger charge is -2.31. The van der Waals surface area contributed by atoms with Crippen LogP contribution in [-0.2, 0) is 11.3 Å². The average Bonchev–Trinajstić information content (AvgIpc) is 3.14. The molecule has 2 N–H and O–H groups in total. The summed E-state index contributed by atoms with van der Waals surface area (Å²) in [6, 6.07) is 0.724. The van der Waals surface area contributed by atoms with Crippen molar-refractivity contribution in [2.24, 2.45) is 11.8 Å². The standard InChI is InChI=1S/C22H36N6O4/c1-5-6-13-31-20-25-18(23)17-19(26-20)28(21(24-17)30-4)12-9-16-7-10-27(11-8-16)22(29)32-14-15(2)3/h15-16H,5-14H2,1-4H3,(H2,23,25,26). The van der Waals surface area contributed by atoms with Crippen LogP contribution in [0.15, 0.2) is 0 Å². The predicted molar refractivity (Wildman–Crippen MR) is 122 cm³/mol. The number of unbranched alkanes of at least 4 members (excludes halogenated alkanes) is 1. The van der Waals surface area contributed by atoms with E-state index in [4.69, 9.17) is 19.9 Å². The van der Waals surface area contributed by atoms with Crippen molar-refractivity contribution < 1.29 is 19.0 Å². The van der Waals surface area contributed by atoms with Gasteiger partial charge in [0.1, 0.15) is 0 Å². The third kappa shape index (κ3) is 5.92. The highest BCUT2D eigenvalue weighted by Gasteiger charge is 2.25. The number of hydrogen-bond donors (Lipinski definition) is 1. The zero-order valence-electron chi connectivity index (χ0n) is 19.7. The fourth-order valence-electron chi connectivity index (χ4n) is 3.76. The van der Waals surface area contributed by atoms with E-state index in [1.807, 2.05) is 18.4 Å². The van der Waals surface area contributed by atoms with Gasteiger partial charge >= 0.3 is 12.1 Å². The van der Waals surface area contributed by atoms with Crippen molar-refractivity contribution >= 4 is 23.1 Å². The Bertz CT molecular complexity index is 892. The van der Waals surface area contributed by atoms with Gasteiger partial charge in [0.05, 0.1) is 20.3 Å². The SMILES string of the molecule is CCCCOc1nc(N)c2nc(OC)n(CCC3CCN(C(=O)OCC(C)C)CC3)c2n1. The number of nitrogens with zero attached hydrogens (tertiary/aromatic N) is 5. The topological polar surface area (TPSA) is 118 Å². The third-order valence-electron chi connectivity index (χ3n) is 5.65. The maximum absolute atomic E-state index is 12.2. The Kier molecular flexibility index (Phi) is 8.35. The summed E-state index contributed by atoms with van der Waals surface area (Å²) in [7, 11) is 1.58. The van der Waals surface area contributed by atoms with Crippen LogP contribution in [0.5, 0.6) is 12.0 Å². The lowest BCUT2D eigenvalue weighted by molar-refractivity contribution is 0.0779. The minimum Gasteiger partial charge on any atom is -0.468 e. The molecule has 0 spiro atoms. The van der Waals surface area contributed by atoms with Gasteiger partial charge in [0.15, 0.2) is 17.0 Å². The van der Waals surface area contributed by atoms with Crippen molar-refractivity contribution in [2.75, 3.05) is 39.1 Å². The van der Waals surface area contributed by atoms with Gasteiger partial charge in [-0.3, -0.25) is 4.57 Å². The Hall–Kier alpha value is -2.78. The van der Waals surface area contributed by atoms with Crippen LogP contribution in [0.2, 0.25) is 0 Å². The summed E-state index contributed by atoms with van der Waals surface area (Å²) in [5.41, 5.74) is 7.25. The summed E-state index contributed by atoms with van der Waals surface area (Å²) >= 11 is 0. The zero-order chi connectivity index (χ0) is 23.1. The zero-order valence-corrected chi connectivity index (χ0v) is 19.7. The number of amides is 1. The van der Waals surface area contributed by atoms with E-state index in [1.54, 1.807) is 12.0 Å². The molecule has 0 saturated carbocycles.